The first-order valence-electron chi connectivity index (χ1n) is 13.4. The van der Waals surface area contributed by atoms with Crippen LogP contribution in [0.15, 0.2) is 175 Å². The van der Waals surface area contributed by atoms with Gasteiger partial charge in [-0.05, 0) is 106 Å². The van der Waals surface area contributed by atoms with Crippen molar-refractivity contribution in [1.29, 1.82) is 0 Å². The molecule has 0 atom stereocenters. The van der Waals surface area contributed by atoms with Crippen LogP contribution in [0.1, 0.15) is 0 Å². The lowest BCUT2D eigenvalue weighted by Gasteiger charge is -2.08. The summed E-state index contributed by atoms with van der Waals surface area (Å²) in [6, 6.07) is 53.2. The van der Waals surface area contributed by atoms with Gasteiger partial charge in [0.25, 0.3) is 0 Å². The number of benzene rings is 6. The molecule has 204 valence electrons. The van der Waals surface area contributed by atoms with Crippen molar-refractivity contribution in [3.8, 4) is 33.4 Å². The van der Waals surface area contributed by atoms with Gasteiger partial charge in [0.05, 0.1) is 0 Å². The Balaban J connectivity index is 1.14. The molecule has 0 aromatic heterocycles. The van der Waals surface area contributed by atoms with E-state index < -0.39 is 0 Å². The van der Waals surface area contributed by atoms with Gasteiger partial charge in [0.1, 0.15) is 0 Å². The molecule has 0 N–H and O–H groups in total. The van der Waals surface area contributed by atoms with Crippen LogP contribution in [0.25, 0.3) is 33.4 Å². The number of hydrogen-bond donors (Lipinski definition) is 0. The first-order valence-corrected chi connectivity index (χ1v) is 19.9. The van der Waals surface area contributed by atoms with Crippen molar-refractivity contribution in [3.63, 3.8) is 0 Å². The molecule has 14 heterocycles. The zero-order valence-electron chi connectivity index (χ0n) is 22.3. The van der Waals surface area contributed by atoms with Crippen LogP contribution in [-0.4, -0.2) is 0 Å². The second-order valence-electron chi connectivity index (χ2n) is 9.65. The van der Waals surface area contributed by atoms with E-state index in [4.69, 9.17) is 0 Å². The molecule has 0 amide bonds. The molecule has 0 saturated carbocycles. The van der Waals surface area contributed by atoms with Gasteiger partial charge in [-0.25, -0.2) is 0 Å². The topological polar surface area (TPSA) is 0 Å². The number of hydrogen-bond acceptors (Lipinski definition) is 6. The van der Waals surface area contributed by atoms with E-state index in [1.54, 1.807) is 64.8 Å². The molecule has 14 aliphatic rings. The van der Waals surface area contributed by atoms with E-state index in [0.29, 0.717) is 0 Å². The maximum absolute atomic E-state index is 2.22. The van der Waals surface area contributed by atoms with Gasteiger partial charge in [0, 0.05) is 29.4 Å². The van der Waals surface area contributed by atoms with Gasteiger partial charge >= 0.3 is 0 Å². The van der Waals surface area contributed by atoms with E-state index in [9.17, 15) is 0 Å². The third-order valence-corrected chi connectivity index (χ3v) is 14.1. The van der Waals surface area contributed by atoms with Gasteiger partial charge in [0.15, 0.2) is 0 Å². The molecule has 0 saturated heterocycles. The Morgan fingerprint density at radius 1 is 0.167 bits per heavy atom. The van der Waals surface area contributed by atoms with Crippen LogP contribution in [0.5, 0.6) is 0 Å². The van der Waals surface area contributed by atoms with Crippen molar-refractivity contribution < 1.29 is 0 Å². The van der Waals surface area contributed by atoms with Crippen LogP contribution in [0.2, 0.25) is 0 Å². The van der Waals surface area contributed by atoms with E-state index in [2.05, 4.69) is 146 Å². The van der Waals surface area contributed by atoms with Crippen LogP contribution in [0.4, 0.5) is 0 Å². The largest absolute Gasteiger partial charge is 0.0532 e. The zero-order valence-corrected chi connectivity index (χ0v) is 27.2. The maximum Gasteiger partial charge on any atom is 0.0186 e. The Bertz CT molecular complexity index is 1410. The molecule has 0 fully saturated rings. The minimum atomic E-state index is 1.24. The minimum absolute atomic E-state index is 1.24. The van der Waals surface area contributed by atoms with Crippen LogP contribution in [0.3, 0.4) is 0 Å². The third-order valence-electron chi connectivity index (χ3n) is 6.83. The Morgan fingerprint density at radius 2 is 0.286 bits per heavy atom. The van der Waals surface area contributed by atoms with E-state index in [1.807, 2.05) is 0 Å². The van der Waals surface area contributed by atoms with Crippen molar-refractivity contribution in [3.05, 3.63) is 146 Å². The predicted octanol–water partition coefficient (Wildman–Crippen LogP) is 13.4. The highest BCUT2D eigenvalue weighted by molar-refractivity contribution is 8.77. The maximum atomic E-state index is 2.22. The Kier molecular flexibility index (Phi) is 8.98. The molecule has 0 aliphatic carbocycles. The average Bonchev–Trinajstić information content (AvgIpc) is 3.07. The second kappa shape index (κ2) is 13.4. The molecule has 6 aromatic rings. The molecule has 42 heavy (non-hydrogen) atoms. The lowest BCUT2D eigenvalue weighted by Crippen LogP contribution is -1.80. The molecule has 6 heteroatoms. The summed E-state index contributed by atoms with van der Waals surface area (Å²) >= 11 is 0. The van der Waals surface area contributed by atoms with Crippen LogP contribution >= 0.6 is 64.8 Å². The molecular formula is C36H24S6. The van der Waals surface area contributed by atoms with E-state index >= 15 is 0 Å². The quantitative estimate of drug-likeness (QED) is 0.149. The first-order chi connectivity index (χ1) is 20.7. The highest BCUT2D eigenvalue weighted by Gasteiger charge is 2.06. The molecule has 6 aromatic carbocycles. The van der Waals surface area contributed by atoms with Crippen molar-refractivity contribution in [2.45, 2.75) is 29.4 Å². The molecule has 14 aliphatic heterocycles. The summed E-state index contributed by atoms with van der Waals surface area (Å²) in [5, 5.41) is 0. The summed E-state index contributed by atoms with van der Waals surface area (Å²) in [6.07, 6.45) is 0. The minimum Gasteiger partial charge on any atom is -0.0532 e. The number of rotatable bonds is 0. The fraction of sp³-hybridized carbons (Fsp3) is 0. The van der Waals surface area contributed by atoms with E-state index in [-0.39, 0.29) is 0 Å². The van der Waals surface area contributed by atoms with Gasteiger partial charge < -0.3 is 0 Å². The first kappa shape index (κ1) is 28.2. The van der Waals surface area contributed by atoms with Crippen molar-refractivity contribution in [1.82, 2.24) is 0 Å². The lowest BCUT2D eigenvalue weighted by molar-refractivity contribution is 1.43. The van der Waals surface area contributed by atoms with Gasteiger partial charge in [-0.1, -0.05) is 138 Å². The van der Waals surface area contributed by atoms with E-state index in [0.717, 1.165) is 0 Å². The van der Waals surface area contributed by atoms with Gasteiger partial charge in [0.2, 0.25) is 0 Å². The predicted molar refractivity (Wildman–Crippen MR) is 191 cm³/mol. The summed E-state index contributed by atoms with van der Waals surface area (Å²) < 4.78 is 0. The smallest absolute Gasteiger partial charge is 0.0186 e. The van der Waals surface area contributed by atoms with E-state index in [1.165, 1.54) is 62.8 Å². The molecule has 20 rings (SSSR count). The Hall–Kier alpha value is -2.58. The van der Waals surface area contributed by atoms with Crippen LogP contribution in [-0.2, 0) is 0 Å². The second-order valence-corrected chi connectivity index (χ2v) is 16.5. The summed E-state index contributed by atoms with van der Waals surface area (Å²) in [5.74, 6) is 0. The lowest BCUT2D eigenvalue weighted by atomic mass is 10.1. The van der Waals surface area contributed by atoms with Crippen molar-refractivity contribution >= 4 is 64.8 Å². The zero-order chi connectivity index (χ0) is 28.1. The van der Waals surface area contributed by atoms with Gasteiger partial charge in [-0.15, -0.1) is 0 Å². The summed E-state index contributed by atoms with van der Waals surface area (Å²) in [6.45, 7) is 0. The molecular weight excluding hydrogens is 625 g/mol. The standard InChI is InChI=1S/C36H24S6/c1-13-31-14-2-25(1)26-3-15-32(16-4-26)39-40-34-19-7-29(8-20-34)30-11-23-36(24-12-30)42-41-35-21-9-28(10-22-35)27-5-17-33(18-6-27)38-37-31/h1-24H. The monoisotopic (exact) mass is 648 g/mol. The summed E-state index contributed by atoms with van der Waals surface area (Å²) in [7, 11) is 10.8. The fourth-order valence-electron chi connectivity index (χ4n) is 4.51. The summed E-state index contributed by atoms with van der Waals surface area (Å²) in [4.78, 5) is 7.52. The van der Waals surface area contributed by atoms with Crippen LogP contribution in [0, 0.1) is 0 Å². The van der Waals surface area contributed by atoms with Crippen LogP contribution < -0.4 is 0 Å². The Labute approximate surface area is 271 Å². The highest BCUT2D eigenvalue weighted by Crippen LogP contribution is 2.42. The van der Waals surface area contributed by atoms with Gasteiger partial charge in [-0.2, -0.15) is 0 Å². The molecule has 0 unspecified atom stereocenters. The Morgan fingerprint density at radius 3 is 0.405 bits per heavy atom. The highest BCUT2D eigenvalue weighted by atomic mass is 33.1. The third kappa shape index (κ3) is 6.96. The summed E-state index contributed by atoms with van der Waals surface area (Å²) in [5.41, 5.74) is 7.44. The normalized spacial score (nSPS) is 13.1. The average molecular weight is 649 g/mol. The molecule has 0 nitrogen and oxygen atoms in total. The molecule has 12 bridgehead atoms. The van der Waals surface area contributed by atoms with Crippen molar-refractivity contribution in [2.24, 2.45) is 0 Å². The molecule has 0 radical (unpaired) electrons. The van der Waals surface area contributed by atoms with Gasteiger partial charge in [-0.3, -0.25) is 0 Å². The SMILES string of the molecule is c1cc2ccc1SSc1ccc(cc1)-c1ccc(cc1)SSc1ccc(cc1)-c1ccc(cc1)SSc1ccc-2cc1. The fourth-order valence-corrected chi connectivity index (χ4v) is 10.3. The van der Waals surface area contributed by atoms with Crippen molar-refractivity contribution in [2.75, 3.05) is 0 Å². The molecule has 0 spiro atoms.